The standard InChI is InChI=1S/C18H16F3N3O3S/c1-24(17-23-16-13(26-2)8-5-9-14(16)28-17)10-15(25)22-11-6-3-4-7-12(11)27-18(19,20)21/h3-9H,10H2,1-2H3,(H,22,25). The molecule has 0 radical (unpaired) electrons. The number of benzene rings is 2. The summed E-state index contributed by atoms with van der Waals surface area (Å²) < 4.78 is 47.6. The number of hydrogen-bond donors (Lipinski definition) is 1. The van der Waals surface area contributed by atoms with E-state index < -0.39 is 18.0 Å². The molecule has 10 heteroatoms. The second-order valence-corrected chi connectivity index (χ2v) is 6.76. The number of hydrogen-bond acceptors (Lipinski definition) is 6. The Morgan fingerprint density at radius 1 is 1.18 bits per heavy atom. The molecular formula is C18H16F3N3O3S. The van der Waals surface area contributed by atoms with Gasteiger partial charge in [0.25, 0.3) is 0 Å². The lowest BCUT2D eigenvalue weighted by atomic mass is 10.3. The number of nitrogens with zero attached hydrogens (tertiary/aromatic N) is 2. The molecule has 28 heavy (non-hydrogen) atoms. The number of alkyl halides is 3. The molecule has 0 aliphatic carbocycles. The van der Waals surface area contributed by atoms with Crippen molar-refractivity contribution >= 4 is 38.3 Å². The molecule has 1 N–H and O–H groups in total. The van der Waals surface area contributed by atoms with E-state index in [9.17, 15) is 18.0 Å². The maximum Gasteiger partial charge on any atom is 0.573 e. The molecule has 0 spiro atoms. The summed E-state index contributed by atoms with van der Waals surface area (Å²) in [7, 11) is 3.22. The first-order chi connectivity index (χ1) is 13.3. The average molecular weight is 411 g/mol. The third-order valence-electron chi connectivity index (χ3n) is 3.68. The van der Waals surface area contributed by atoms with Crippen LogP contribution < -0.4 is 19.7 Å². The van der Waals surface area contributed by atoms with Gasteiger partial charge in [0, 0.05) is 7.05 Å². The SMILES string of the molecule is COc1cccc2sc(N(C)CC(=O)Nc3ccccc3OC(F)(F)F)nc12. The molecule has 1 heterocycles. The number of nitrogens with one attached hydrogen (secondary N) is 1. The van der Waals surface area contributed by atoms with Gasteiger partial charge in [0.2, 0.25) is 5.91 Å². The van der Waals surface area contributed by atoms with Crippen molar-refractivity contribution in [2.75, 3.05) is 30.9 Å². The van der Waals surface area contributed by atoms with Crippen molar-refractivity contribution in [1.82, 2.24) is 4.98 Å². The van der Waals surface area contributed by atoms with E-state index in [0.717, 1.165) is 10.8 Å². The minimum atomic E-state index is -4.85. The molecule has 0 bridgehead atoms. The van der Waals surface area contributed by atoms with Crippen LogP contribution in [0.2, 0.25) is 0 Å². The first-order valence-electron chi connectivity index (χ1n) is 8.06. The molecule has 0 unspecified atom stereocenters. The predicted octanol–water partition coefficient (Wildman–Crippen LogP) is 4.28. The predicted molar refractivity (Wildman–Crippen MR) is 101 cm³/mol. The van der Waals surface area contributed by atoms with E-state index in [4.69, 9.17) is 4.74 Å². The van der Waals surface area contributed by atoms with Gasteiger partial charge in [0.1, 0.15) is 11.3 Å². The molecule has 0 aliphatic rings. The fourth-order valence-electron chi connectivity index (χ4n) is 2.50. The largest absolute Gasteiger partial charge is 0.573 e. The number of carbonyl (C=O) groups is 1. The van der Waals surface area contributed by atoms with Gasteiger partial charge < -0.3 is 19.7 Å². The maximum absolute atomic E-state index is 12.5. The fourth-order valence-corrected chi connectivity index (χ4v) is 3.44. The van der Waals surface area contributed by atoms with Crippen LogP contribution in [0.3, 0.4) is 0 Å². The van der Waals surface area contributed by atoms with Gasteiger partial charge in [-0.05, 0) is 24.3 Å². The second kappa shape index (κ2) is 7.93. The Labute approximate surface area is 162 Å². The molecular weight excluding hydrogens is 395 g/mol. The highest BCUT2D eigenvalue weighted by Crippen LogP contribution is 2.34. The van der Waals surface area contributed by atoms with E-state index in [1.165, 1.54) is 29.5 Å². The van der Waals surface area contributed by atoms with E-state index >= 15 is 0 Å². The molecule has 6 nitrogen and oxygen atoms in total. The highest BCUT2D eigenvalue weighted by Gasteiger charge is 2.32. The Bertz CT molecular complexity index is 991. The van der Waals surface area contributed by atoms with Gasteiger partial charge in [-0.25, -0.2) is 4.98 Å². The molecule has 148 valence electrons. The quantitative estimate of drug-likeness (QED) is 0.656. The monoisotopic (exact) mass is 411 g/mol. The van der Waals surface area contributed by atoms with Crippen molar-refractivity contribution in [3.8, 4) is 11.5 Å². The lowest BCUT2D eigenvalue weighted by Crippen LogP contribution is -2.30. The summed E-state index contributed by atoms with van der Waals surface area (Å²) in [5.41, 5.74) is 0.616. The fraction of sp³-hybridized carbons (Fsp3) is 0.222. The molecule has 0 saturated carbocycles. The van der Waals surface area contributed by atoms with Crippen LogP contribution >= 0.6 is 11.3 Å². The van der Waals surface area contributed by atoms with Gasteiger partial charge in [-0.3, -0.25) is 4.79 Å². The summed E-state index contributed by atoms with van der Waals surface area (Å²) in [6.45, 7) is -0.109. The van der Waals surface area contributed by atoms with Gasteiger partial charge in [0.15, 0.2) is 10.9 Å². The number of likely N-dealkylation sites (N-methyl/N-ethyl adjacent to an activating group) is 1. The van der Waals surface area contributed by atoms with E-state index in [2.05, 4.69) is 15.0 Å². The molecule has 3 rings (SSSR count). The van der Waals surface area contributed by atoms with Gasteiger partial charge in [-0.2, -0.15) is 0 Å². The zero-order valence-corrected chi connectivity index (χ0v) is 15.7. The Balaban J connectivity index is 1.72. The van der Waals surface area contributed by atoms with Crippen LogP contribution in [0.5, 0.6) is 11.5 Å². The Hall–Kier alpha value is -3.01. The lowest BCUT2D eigenvalue weighted by Gasteiger charge is -2.17. The van der Waals surface area contributed by atoms with Gasteiger partial charge in [0.05, 0.1) is 24.0 Å². The van der Waals surface area contributed by atoms with Gasteiger partial charge >= 0.3 is 6.36 Å². The second-order valence-electron chi connectivity index (χ2n) is 5.75. The van der Waals surface area contributed by atoms with E-state index in [-0.39, 0.29) is 12.2 Å². The summed E-state index contributed by atoms with van der Waals surface area (Å²) >= 11 is 1.38. The van der Waals surface area contributed by atoms with Crippen molar-refractivity contribution in [3.05, 3.63) is 42.5 Å². The Morgan fingerprint density at radius 2 is 1.89 bits per heavy atom. The van der Waals surface area contributed by atoms with E-state index in [1.54, 1.807) is 25.1 Å². The van der Waals surface area contributed by atoms with Crippen LogP contribution in [0, 0.1) is 0 Å². The zero-order chi connectivity index (χ0) is 20.3. The maximum atomic E-state index is 12.5. The lowest BCUT2D eigenvalue weighted by molar-refractivity contribution is -0.274. The van der Waals surface area contributed by atoms with Gasteiger partial charge in [-0.15, -0.1) is 13.2 Å². The summed E-state index contributed by atoms with van der Waals surface area (Å²) in [4.78, 5) is 18.4. The van der Waals surface area contributed by atoms with Crippen LogP contribution in [0.15, 0.2) is 42.5 Å². The minimum Gasteiger partial charge on any atom is -0.494 e. The number of halogens is 3. The van der Waals surface area contributed by atoms with Crippen molar-refractivity contribution in [2.45, 2.75) is 6.36 Å². The highest BCUT2D eigenvalue weighted by molar-refractivity contribution is 7.22. The first-order valence-corrected chi connectivity index (χ1v) is 8.88. The normalized spacial score (nSPS) is 11.3. The number of amides is 1. The third-order valence-corrected chi connectivity index (χ3v) is 4.82. The molecule has 1 aromatic heterocycles. The number of carbonyl (C=O) groups excluding carboxylic acids is 1. The van der Waals surface area contributed by atoms with E-state index in [1.807, 2.05) is 12.1 Å². The Kier molecular flexibility index (Phi) is 5.59. The zero-order valence-electron chi connectivity index (χ0n) is 14.9. The number of aromatic nitrogens is 1. The number of rotatable bonds is 6. The minimum absolute atomic E-state index is 0.0656. The number of fused-ring (bicyclic) bond motifs is 1. The topological polar surface area (TPSA) is 63.7 Å². The number of thiazole rings is 1. The van der Waals surface area contributed by atoms with Crippen LogP contribution in [-0.2, 0) is 4.79 Å². The van der Waals surface area contributed by atoms with Crippen LogP contribution in [-0.4, -0.2) is 38.0 Å². The van der Waals surface area contributed by atoms with Crippen molar-refractivity contribution in [3.63, 3.8) is 0 Å². The molecule has 2 aromatic carbocycles. The number of methoxy groups -OCH3 is 1. The van der Waals surface area contributed by atoms with Crippen LogP contribution in [0.4, 0.5) is 24.0 Å². The van der Waals surface area contributed by atoms with Crippen molar-refractivity contribution in [1.29, 1.82) is 0 Å². The first kappa shape index (κ1) is 19.7. The van der Waals surface area contributed by atoms with Crippen molar-refractivity contribution in [2.24, 2.45) is 0 Å². The molecule has 1 amide bonds. The van der Waals surface area contributed by atoms with Crippen LogP contribution in [0.25, 0.3) is 10.2 Å². The van der Waals surface area contributed by atoms with Crippen molar-refractivity contribution < 1.29 is 27.4 Å². The van der Waals surface area contributed by atoms with Gasteiger partial charge in [-0.1, -0.05) is 29.5 Å². The number of para-hydroxylation sites is 3. The summed E-state index contributed by atoms with van der Waals surface area (Å²) in [6, 6.07) is 10.9. The molecule has 3 aromatic rings. The van der Waals surface area contributed by atoms with E-state index in [0.29, 0.717) is 16.4 Å². The molecule has 0 saturated heterocycles. The number of ether oxygens (including phenoxy) is 2. The van der Waals surface area contributed by atoms with Crippen LogP contribution in [0.1, 0.15) is 0 Å². The molecule has 0 aliphatic heterocycles. The molecule has 0 fully saturated rings. The summed E-state index contributed by atoms with van der Waals surface area (Å²) in [6.07, 6.45) is -4.85. The highest BCUT2D eigenvalue weighted by atomic mass is 32.1. The summed E-state index contributed by atoms with van der Waals surface area (Å²) in [5.74, 6) is -0.362. The Morgan fingerprint density at radius 3 is 2.61 bits per heavy atom. The average Bonchev–Trinajstić information content (AvgIpc) is 3.06. The molecule has 0 atom stereocenters. The number of anilines is 2. The summed E-state index contributed by atoms with van der Waals surface area (Å²) in [5, 5.41) is 3.01. The smallest absolute Gasteiger partial charge is 0.494 e. The third kappa shape index (κ3) is 4.63.